The van der Waals surface area contributed by atoms with E-state index in [1.165, 1.54) is 0 Å². The van der Waals surface area contributed by atoms with E-state index in [1.807, 2.05) is 28.8 Å². The molecule has 0 bridgehead atoms. The van der Waals surface area contributed by atoms with Crippen molar-refractivity contribution in [1.82, 2.24) is 19.4 Å². The van der Waals surface area contributed by atoms with Crippen LogP contribution in [0.1, 0.15) is 39.8 Å². The summed E-state index contributed by atoms with van der Waals surface area (Å²) in [5.41, 5.74) is 9.79. The van der Waals surface area contributed by atoms with Gasteiger partial charge in [-0.2, -0.15) is 0 Å². The van der Waals surface area contributed by atoms with Gasteiger partial charge in [0.15, 0.2) is 11.0 Å². The largest absolute Gasteiger partial charge is 0.382 e. The number of allylic oxidation sites excluding steroid dienone is 4. The summed E-state index contributed by atoms with van der Waals surface area (Å²) < 4.78 is 17.8. The highest BCUT2D eigenvalue weighted by atomic mass is 32.2. The van der Waals surface area contributed by atoms with Crippen LogP contribution >= 0.6 is 11.8 Å². The van der Waals surface area contributed by atoms with Crippen molar-refractivity contribution in [1.29, 1.82) is 0 Å². The van der Waals surface area contributed by atoms with Gasteiger partial charge in [0.1, 0.15) is 22.5 Å². The molecule has 1 aliphatic rings. The number of pyridine rings is 1. The molecule has 5 nitrogen and oxygen atoms in total. The van der Waals surface area contributed by atoms with Crippen molar-refractivity contribution >= 4 is 39.6 Å². The van der Waals surface area contributed by atoms with Crippen molar-refractivity contribution in [3.8, 4) is 11.3 Å². The van der Waals surface area contributed by atoms with Crippen molar-refractivity contribution in [2.75, 3.05) is 5.73 Å². The highest BCUT2D eigenvalue weighted by molar-refractivity contribution is 8.00. The van der Waals surface area contributed by atoms with Crippen LogP contribution in [0.25, 0.3) is 33.3 Å². The number of rotatable bonds is 3. The van der Waals surface area contributed by atoms with Crippen LogP contribution < -0.4 is 5.73 Å². The number of anilines is 1. The van der Waals surface area contributed by atoms with Crippen LogP contribution in [-0.2, 0) is 0 Å². The quantitative estimate of drug-likeness (QED) is 0.353. The maximum Gasteiger partial charge on any atom is 0.173 e. The zero-order valence-corrected chi connectivity index (χ0v) is 19.9. The fourth-order valence-corrected chi connectivity index (χ4v) is 4.92. The molecule has 7 heteroatoms. The molecule has 3 aromatic heterocycles. The molecule has 168 valence electrons. The SMILES string of the molecule is C[C@H]1C=CC(c2ccc3ccc(-c4nc(SC(C)(C)C)n5ccnc(N)c45)c(F)c3n2)=CC1. The molecular formula is C26H26FN5S. The molecule has 0 fully saturated rings. The third kappa shape index (κ3) is 4.02. The summed E-state index contributed by atoms with van der Waals surface area (Å²) in [6, 6.07) is 7.49. The predicted octanol–water partition coefficient (Wildman–Crippen LogP) is 6.54. The van der Waals surface area contributed by atoms with Crippen molar-refractivity contribution in [3.63, 3.8) is 0 Å². The van der Waals surface area contributed by atoms with Crippen molar-refractivity contribution < 1.29 is 4.39 Å². The van der Waals surface area contributed by atoms with E-state index in [-0.39, 0.29) is 4.75 Å². The van der Waals surface area contributed by atoms with Gasteiger partial charge in [-0.3, -0.25) is 4.40 Å². The number of aromatic nitrogens is 4. The van der Waals surface area contributed by atoms with Gasteiger partial charge in [0, 0.05) is 28.1 Å². The number of nitrogens with zero attached hydrogens (tertiary/aromatic N) is 4. The zero-order valence-electron chi connectivity index (χ0n) is 19.1. The van der Waals surface area contributed by atoms with Crippen molar-refractivity contribution in [2.24, 2.45) is 5.92 Å². The Morgan fingerprint density at radius 1 is 1.15 bits per heavy atom. The molecule has 0 saturated heterocycles. The molecule has 1 aromatic carbocycles. The molecule has 1 atom stereocenters. The molecule has 3 heterocycles. The molecular weight excluding hydrogens is 433 g/mol. The number of fused-ring (bicyclic) bond motifs is 2. The normalized spacial score (nSPS) is 16.5. The van der Waals surface area contributed by atoms with Gasteiger partial charge in [-0.25, -0.2) is 19.3 Å². The van der Waals surface area contributed by atoms with Crippen LogP contribution in [0.4, 0.5) is 10.2 Å². The van der Waals surface area contributed by atoms with Crippen LogP contribution in [0.2, 0.25) is 0 Å². The van der Waals surface area contributed by atoms with E-state index in [9.17, 15) is 0 Å². The predicted molar refractivity (Wildman–Crippen MR) is 135 cm³/mol. The van der Waals surface area contributed by atoms with E-state index in [1.54, 1.807) is 24.0 Å². The lowest BCUT2D eigenvalue weighted by Gasteiger charge is -2.15. The molecule has 5 rings (SSSR count). The van der Waals surface area contributed by atoms with E-state index in [0.717, 1.165) is 28.2 Å². The number of hydrogen-bond acceptors (Lipinski definition) is 5. The second-order valence-corrected chi connectivity index (χ2v) is 11.2. The number of imidazole rings is 1. The lowest BCUT2D eigenvalue weighted by atomic mass is 9.96. The minimum absolute atomic E-state index is 0.0757. The third-order valence-electron chi connectivity index (χ3n) is 5.61. The topological polar surface area (TPSA) is 69.1 Å². The Balaban J connectivity index is 1.69. The number of thioether (sulfide) groups is 1. The monoisotopic (exact) mass is 459 g/mol. The number of nitrogens with two attached hydrogens (primary N) is 1. The molecule has 0 radical (unpaired) electrons. The van der Waals surface area contributed by atoms with Gasteiger partial charge in [-0.05, 0) is 30.0 Å². The molecule has 0 spiro atoms. The zero-order chi connectivity index (χ0) is 23.3. The van der Waals surface area contributed by atoms with Gasteiger partial charge in [0.25, 0.3) is 0 Å². The van der Waals surface area contributed by atoms with Gasteiger partial charge in [0.05, 0.1) is 5.69 Å². The summed E-state index contributed by atoms with van der Waals surface area (Å²) in [4.78, 5) is 13.7. The third-order valence-corrected chi connectivity index (χ3v) is 6.70. The van der Waals surface area contributed by atoms with E-state index in [4.69, 9.17) is 15.7 Å². The summed E-state index contributed by atoms with van der Waals surface area (Å²) >= 11 is 1.60. The molecule has 4 aromatic rings. The van der Waals surface area contributed by atoms with Crippen LogP contribution in [0, 0.1) is 11.7 Å². The first-order valence-corrected chi connectivity index (χ1v) is 11.8. The molecule has 1 aliphatic carbocycles. The van der Waals surface area contributed by atoms with Gasteiger partial charge in [-0.1, -0.05) is 69.8 Å². The Labute approximate surface area is 196 Å². The summed E-state index contributed by atoms with van der Waals surface area (Å²) in [6.07, 6.45) is 10.8. The summed E-state index contributed by atoms with van der Waals surface area (Å²) in [6.45, 7) is 8.51. The number of hydrogen-bond donors (Lipinski definition) is 1. The van der Waals surface area contributed by atoms with E-state index >= 15 is 4.39 Å². The van der Waals surface area contributed by atoms with Gasteiger partial charge >= 0.3 is 0 Å². The molecule has 33 heavy (non-hydrogen) atoms. The average Bonchev–Trinajstić information content (AvgIpc) is 3.12. The second-order valence-electron chi connectivity index (χ2n) is 9.42. The van der Waals surface area contributed by atoms with Crippen LogP contribution in [0.3, 0.4) is 0 Å². The van der Waals surface area contributed by atoms with Crippen LogP contribution in [-0.4, -0.2) is 24.1 Å². The maximum atomic E-state index is 16.0. The lowest BCUT2D eigenvalue weighted by molar-refractivity contribution is 0.639. The first-order chi connectivity index (χ1) is 15.7. The molecule has 0 unspecified atom stereocenters. The Morgan fingerprint density at radius 3 is 2.67 bits per heavy atom. The lowest BCUT2D eigenvalue weighted by Crippen LogP contribution is -2.08. The summed E-state index contributed by atoms with van der Waals surface area (Å²) in [5.74, 6) is 0.415. The summed E-state index contributed by atoms with van der Waals surface area (Å²) in [7, 11) is 0. The minimum Gasteiger partial charge on any atom is -0.382 e. The Bertz CT molecular complexity index is 1440. The number of halogens is 1. The smallest absolute Gasteiger partial charge is 0.173 e. The van der Waals surface area contributed by atoms with Gasteiger partial charge < -0.3 is 5.73 Å². The molecule has 0 saturated carbocycles. The van der Waals surface area contributed by atoms with E-state index < -0.39 is 5.82 Å². The maximum absolute atomic E-state index is 16.0. The van der Waals surface area contributed by atoms with Crippen LogP contribution in [0.5, 0.6) is 0 Å². The highest BCUT2D eigenvalue weighted by Gasteiger charge is 2.24. The molecule has 0 amide bonds. The average molecular weight is 460 g/mol. The second kappa shape index (κ2) is 7.99. The first kappa shape index (κ1) is 21.6. The first-order valence-electron chi connectivity index (χ1n) is 11.0. The van der Waals surface area contributed by atoms with Gasteiger partial charge in [0.2, 0.25) is 0 Å². The Morgan fingerprint density at radius 2 is 1.94 bits per heavy atom. The molecule has 0 aliphatic heterocycles. The van der Waals surface area contributed by atoms with Crippen molar-refractivity contribution in [3.05, 3.63) is 66.4 Å². The Kier molecular flexibility index (Phi) is 5.24. The van der Waals surface area contributed by atoms with Crippen molar-refractivity contribution in [2.45, 2.75) is 44.0 Å². The minimum atomic E-state index is -0.404. The molecule has 2 N–H and O–H groups in total. The number of nitrogen functional groups attached to an aromatic ring is 1. The standard InChI is InChI=1S/C26H26FN5S/c1-15-5-7-16(8-6-15)19-12-10-17-9-11-18(20(27)21(17)30-19)22-23-24(28)29-13-14-32(23)25(31-22)33-26(2,3)4/h5,7-15H,6H2,1-4H3,(H2,28,29)/t15-/m0/s1. The number of benzene rings is 1. The van der Waals surface area contributed by atoms with Crippen LogP contribution in [0.15, 0.2) is 60.0 Å². The van der Waals surface area contributed by atoms with E-state index in [0.29, 0.717) is 34.0 Å². The fourth-order valence-electron chi connectivity index (χ4n) is 3.99. The highest BCUT2D eigenvalue weighted by Crippen LogP contribution is 2.38. The van der Waals surface area contributed by atoms with E-state index in [2.05, 4.69) is 50.9 Å². The fraction of sp³-hybridized carbons (Fsp3) is 0.269. The summed E-state index contributed by atoms with van der Waals surface area (Å²) in [5, 5.41) is 1.49. The Hall–Kier alpha value is -3.19. The van der Waals surface area contributed by atoms with Gasteiger partial charge in [-0.15, -0.1) is 0 Å².